The Kier molecular flexibility index (Phi) is 3.43. The maximum absolute atomic E-state index is 4.87. The van der Waals surface area contributed by atoms with Gasteiger partial charge in [-0.2, -0.15) is 0 Å². The van der Waals surface area contributed by atoms with Crippen molar-refractivity contribution >= 4 is 43.9 Å². The van der Waals surface area contributed by atoms with Crippen LogP contribution in [-0.2, 0) is 13.0 Å². The van der Waals surface area contributed by atoms with E-state index < -0.39 is 0 Å². The van der Waals surface area contributed by atoms with Gasteiger partial charge in [0.2, 0.25) is 0 Å². The minimum Gasteiger partial charge on any atom is -0.353 e. The van der Waals surface area contributed by atoms with E-state index in [-0.39, 0.29) is 0 Å². The van der Waals surface area contributed by atoms with Gasteiger partial charge in [-0.05, 0) is 54.5 Å². The Morgan fingerprint density at radius 1 is 1.24 bits per heavy atom. The van der Waals surface area contributed by atoms with Crippen LogP contribution >= 0.6 is 27.3 Å². The molecule has 0 bridgehead atoms. The quantitative estimate of drug-likeness (QED) is 0.642. The number of aliphatic imine (C=N–C) groups is 1. The van der Waals surface area contributed by atoms with Crippen LogP contribution in [0.4, 0.5) is 0 Å². The fraction of sp³-hybridized carbons (Fsp3) is 0.235. The molecule has 0 saturated carbocycles. The van der Waals surface area contributed by atoms with Crippen molar-refractivity contribution in [3.63, 3.8) is 0 Å². The summed E-state index contributed by atoms with van der Waals surface area (Å²) < 4.78 is 1.14. The molecule has 1 aliphatic carbocycles. The van der Waals surface area contributed by atoms with Crippen LogP contribution in [-0.4, -0.2) is 10.7 Å². The van der Waals surface area contributed by atoms with Crippen LogP contribution in [0.1, 0.15) is 29.0 Å². The molecular weight excluding hydrogens is 344 g/mol. The van der Waals surface area contributed by atoms with Crippen molar-refractivity contribution in [1.82, 2.24) is 4.98 Å². The third kappa shape index (κ3) is 2.47. The number of benzene rings is 1. The van der Waals surface area contributed by atoms with Gasteiger partial charge in [0.15, 0.2) is 0 Å². The number of aryl methyl sites for hydroxylation is 1. The molecule has 0 radical (unpaired) electrons. The summed E-state index contributed by atoms with van der Waals surface area (Å²) in [5.74, 6) is 0. The highest BCUT2D eigenvalue weighted by atomic mass is 79.9. The highest BCUT2D eigenvalue weighted by Gasteiger charge is 2.20. The zero-order valence-corrected chi connectivity index (χ0v) is 13.9. The van der Waals surface area contributed by atoms with Gasteiger partial charge < -0.3 is 4.98 Å². The Morgan fingerprint density at radius 3 is 3.05 bits per heavy atom. The van der Waals surface area contributed by atoms with Crippen LogP contribution in [0.5, 0.6) is 0 Å². The lowest BCUT2D eigenvalue weighted by molar-refractivity contribution is 0.834. The van der Waals surface area contributed by atoms with E-state index in [1.165, 1.54) is 39.2 Å². The van der Waals surface area contributed by atoms with Crippen molar-refractivity contribution in [2.24, 2.45) is 4.99 Å². The minimum absolute atomic E-state index is 0.797. The van der Waals surface area contributed by atoms with E-state index in [4.69, 9.17) is 4.99 Å². The lowest BCUT2D eigenvalue weighted by Crippen LogP contribution is -2.11. The fourth-order valence-corrected chi connectivity index (χ4v) is 4.01. The minimum atomic E-state index is 0.797. The van der Waals surface area contributed by atoms with E-state index in [1.54, 1.807) is 11.3 Å². The molecule has 106 valence electrons. The predicted molar refractivity (Wildman–Crippen MR) is 93.5 cm³/mol. The maximum Gasteiger partial charge on any atom is 0.0736 e. The number of halogens is 1. The third-order valence-electron chi connectivity index (χ3n) is 4.00. The molecule has 1 aromatic carbocycles. The Balaban J connectivity index is 1.77. The number of rotatable bonds is 2. The topological polar surface area (TPSA) is 28.1 Å². The van der Waals surface area contributed by atoms with Crippen molar-refractivity contribution in [2.75, 3.05) is 0 Å². The number of H-pyrrole nitrogens is 1. The number of nitrogens with one attached hydrogen (secondary N) is 1. The van der Waals surface area contributed by atoms with Gasteiger partial charge >= 0.3 is 0 Å². The van der Waals surface area contributed by atoms with Gasteiger partial charge in [-0.15, -0.1) is 11.3 Å². The van der Waals surface area contributed by atoms with Crippen LogP contribution in [0, 0.1) is 0 Å². The molecule has 0 unspecified atom stereocenters. The monoisotopic (exact) mass is 358 g/mol. The number of fused-ring (bicyclic) bond motifs is 3. The normalized spacial score (nSPS) is 16.5. The molecule has 2 nitrogen and oxygen atoms in total. The zero-order valence-electron chi connectivity index (χ0n) is 11.5. The number of hydrogen-bond donors (Lipinski definition) is 1. The molecule has 2 aromatic heterocycles. The van der Waals surface area contributed by atoms with Gasteiger partial charge in [-0.1, -0.05) is 22.0 Å². The summed E-state index contributed by atoms with van der Waals surface area (Å²) in [7, 11) is 0. The molecule has 4 heteroatoms. The van der Waals surface area contributed by atoms with Gasteiger partial charge in [0, 0.05) is 20.3 Å². The second-order valence-electron chi connectivity index (χ2n) is 5.36. The number of nitrogens with zero attached hydrogens (tertiary/aromatic N) is 1. The van der Waals surface area contributed by atoms with Gasteiger partial charge in [0.25, 0.3) is 0 Å². The molecule has 0 spiro atoms. The summed E-state index contributed by atoms with van der Waals surface area (Å²) in [6, 6.07) is 10.7. The standard InChI is InChI=1S/C17H15BrN2S/c18-11-6-7-15-14(9-11)13-4-1-5-16(17(13)20-15)19-10-12-3-2-8-21-12/h2-3,6-9,20H,1,4-5,10H2. The first-order chi connectivity index (χ1) is 10.3. The van der Waals surface area contributed by atoms with Gasteiger partial charge in [0.05, 0.1) is 18.0 Å². The van der Waals surface area contributed by atoms with Crippen molar-refractivity contribution < 1.29 is 0 Å². The second kappa shape index (κ2) is 5.43. The van der Waals surface area contributed by atoms with Crippen molar-refractivity contribution in [3.05, 3.63) is 56.3 Å². The molecule has 21 heavy (non-hydrogen) atoms. The summed E-state index contributed by atoms with van der Waals surface area (Å²) in [4.78, 5) is 9.77. The first kappa shape index (κ1) is 13.3. The Morgan fingerprint density at radius 2 is 2.19 bits per heavy atom. The van der Waals surface area contributed by atoms with Crippen LogP contribution in [0.15, 0.2) is 45.2 Å². The van der Waals surface area contributed by atoms with E-state index in [0.717, 1.165) is 23.9 Å². The Bertz CT molecular complexity index is 815. The molecule has 3 aromatic rings. The average Bonchev–Trinajstić information content (AvgIpc) is 3.12. The highest BCUT2D eigenvalue weighted by molar-refractivity contribution is 9.10. The second-order valence-corrected chi connectivity index (χ2v) is 7.31. The zero-order chi connectivity index (χ0) is 14.2. The summed E-state index contributed by atoms with van der Waals surface area (Å²) in [5.41, 5.74) is 5.14. The largest absolute Gasteiger partial charge is 0.353 e. The molecular formula is C17H15BrN2S. The van der Waals surface area contributed by atoms with Gasteiger partial charge in [-0.3, -0.25) is 4.99 Å². The van der Waals surface area contributed by atoms with Crippen LogP contribution < -0.4 is 0 Å². The molecule has 1 aliphatic rings. The molecule has 4 rings (SSSR count). The van der Waals surface area contributed by atoms with Gasteiger partial charge in [-0.25, -0.2) is 0 Å². The molecule has 0 fully saturated rings. The Hall–Kier alpha value is -1.39. The van der Waals surface area contributed by atoms with E-state index in [1.807, 2.05) is 0 Å². The van der Waals surface area contributed by atoms with Crippen molar-refractivity contribution in [1.29, 1.82) is 0 Å². The summed E-state index contributed by atoms with van der Waals surface area (Å²) in [6.07, 6.45) is 3.41. The Labute approximate surface area is 136 Å². The third-order valence-corrected chi connectivity index (χ3v) is 5.36. The fourth-order valence-electron chi connectivity index (χ4n) is 3.02. The first-order valence-corrected chi connectivity index (χ1v) is 8.85. The SMILES string of the molecule is Brc1ccc2[nH]c3c(c2c1)CCCC3=NCc1cccs1. The van der Waals surface area contributed by atoms with Crippen LogP contribution in [0.25, 0.3) is 10.9 Å². The van der Waals surface area contributed by atoms with E-state index in [2.05, 4.69) is 56.6 Å². The first-order valence-electron chi connectivity index (χ1n) is 7.17. The summed E-state index contributed by atoms with van der Waals surface area (Å²) in [5, 5.41) is 3.45. The van der Waals surface area contributed by atoms with Gasteiger partial charge in [0.1, 0.15) is 0 Å². The lowest BCUT2D eigenvalue weighted by Gasteiger charge is -2.14. The summed E-state index contributed by atoms with van der Waals surface area (Å²) in [6.45, 7) is 0.797. The maximum atomic E-state index is 4.87. The van der Waals surface area contributed by atoms with Crippen molar-refractivity contribution in [3.8, 4) is 0 Å². The molecule has 0 atom stereocenters. The number of aromatic nitrogens is 1. The highest BCUT2D eigenvalue weighted by Crippen LogP contribution is 2.31. The predicted octanol–water partition coefficient (Wildman–Crippen LogP) is 5.32. The molecule has 1 N–H and O–H groups in total. The molecule has 0 saturated heterocycles. The molecule has 0 aliphatic heterocycles. The summed E-state index contributed by atoms with van der Waals surface area (Å²) >= 11 is 5.35. The van der Waals surface area contributed by atoms with E-state index in [9.17, 15) is 0 Å². The average molecular weight is 359 g/mol. The number of aromatic amines is 1. The number of thiophene rings is 1. The van der Waals surface area contributed by atoms with Crippen LogP contribution in [0.2, 0.25) is 0 Å². The van der Waals surface area contributed by atoms with Crippen LogP contribution in [0.3, 0.4) is 0 Å². The molecule has 0 amide bonds. The van der Waals surface area contributed by atoms with E-state index >= 15 is 0 Å². The van der Waals surface area contributed by atoms with E-state index in [0.29, 0.717) is 0 Å². The molecule has 2 heterocycles. The lowest BCUT2D eigenvalue weighted by atomic mass is 9.94. The van der Waals surface area contributed by atoms with Crippen molar-refractivity contribution in [2.45, 2.75) is 25.8 Å². The number of hydrogen-bond acceptors (Lipinski definition) is 2. The smallest absolute Gasteiger partial charge is 0.0736 e.